The van der Waals surface area contributed by atoms with Gasteiger partial charge in [-0.25, -0.2) is 0 Å². The molecule has 8 heteroatoms. The Labute approximate surface area is 136 Å². The van der Waals surface area contributed by atoms with Crippen LogP contribution in [0.2, 0.25) is 0 Å². The van der Waals surface area contributed by atoms with Gasteiger partial charge in [-0.15, -0.1) is 0 Å². The second-order valence-electron chi connectivity index (χ2n) is 4.90. The highest BCUT2D eigenvalue weighted by Gasteiger charge is 2.36. The van der Waals surface area contributed by atoms with Crippen molar-refractivity contribution in [3.8, 4) is 0 Å². The van der Waals surface area contributed by atoms with Crippen LogP contribution in [-0.4, -0.2) is 52.9 Å². The van der Waals surface area contributed by atoms with Crippen molar-refractivity contribution in [1.82, 2.24) is 10.2 Å². The topological polar surface area (TPSA) is 89.9 Å². The van der Waals surface area contributed by atoms with E-state index in [1.807, 2.05) is 12.1 Å². The fourth-order valence-electron chi connectivity index (χ4n) is 2.37. The van der Waals surface area contributed by atoms with Gasteiger partial charge >= 0.3 is 7.12 Å². The van der Waals surface area contributed by atoms with E-state index >= 15 is 0 Å². The minimum absolute atomic E-state index is 0.145. The van der Waals surface area contributed by atoms with Gasteiger partial charge in [-0.3, -0.25) is 9.59 Å². The summed E-state index contributed by atoms with van der Waals surface area (Å²) >= 11 is 2.15. The van der Waals surface area contributed by atoms with Crippen LogP contribution in [0.1, 0.15) is 23.2 Å². The molecule has 0 aromatic heterocycles. The quantitative estimate of drug-likeness (QED) is 0.490. The lowest BCUT2D eigenvalue weighted by Gasteiger charge is -2.24. The SMILES string of the molecule is O=C(NCC(=O)N1CCCC1B(O)O)c1ccc(I)cc1. The maximum absolute atomic E-state index is 12.0. The lowest BCUT2D eigenvalue weighted by molar-refractivity contribution is -0.130. The molecule has 1 aliphatic rings. The average molecular weight is 402 g/mol. The van der Waals surface area contributed by atoms with E-state index in [2.05, 4.69) is 27.9 Å². The molecule has 0 aliphatic carbocycles. The molecule has 2 amide bonds. The molecule has 1 aliphatic heterocycles. The van der Waals surface area contributed by atoms with E-state index in [4.69, 9.17) is 0 Å². The summed E-state index contributed by atoms with van der Waals surface area (Å²) in [4.78, 5) is 25.4. The van der Waals surface area contributed by atoms with Crippen molar-refractivity contribution in [2.75, 3.05) is 13.1 Å². The minimum Gasteiger partial charge on any atom is -0.426 e. The summed E-state index contributed by atoms with van der Waals surface area (Å²) in [6.45, 7) is 0.342. The van der Waals surface area contributed by atoms with Gasteiger partial charge < -0.3 is 20.3 Å². The average Bonchev–Trinajstić information content (AvgIpc) is 2.95. The van der Waals surface area contributed by atoms with Crippen LogP contribution in [0.5, 0.6) is 0 Å². The maximum Gasteiger partial charge on any atom is 0.475 e. The Morgan fingerprint density at radius 1 is 1.33 bits per heavy atom. The zero-order chi connectivity index (χ0) is 15.4. The van der Waals surface area contributed by atoms with Crippen LogP contribution in [0.15, 0.2) is 24.3 Å². The highest BCUT2D eigenvalue weighted by molar-refractivity contribution is 14.1. The number of benzene rings is 1. The Hall–Kier alpha value is -1.13. The highest BCUT2D eigenvalue weighted by atomic mass is 127. The Morgan fingerprint density at radius 2 is 2.00 bits per heavy atom. The van der Waals surface area contributed by atoms with Crippen molar-refractivity contribution < 1.29 is 19.6 Å². The first-order chi connectivity index (χ1) is 9.99. The van der Waals surface area contributed by atoms with Crippen molar-refractivity contribution in [3.05, 3.63) is 33.4 Å². The molecule has 1 heterocycles. The number of carbonyl (C=O) groups is 2. The molecule has 1 saturated heterocycles. The van der Waals surface area contributed by atoms with E-state index in [-0.39, 0.29) is 18.4 Å². The van der Waals surface area contributed by atoms with Gasteiger partial charge in [0, 0.05) is 15.7 Å². The number of nitrogens with one attached hydrogen (secondary N) is 1. The zero-order valence-electron chi connectivity index (χ0n) is 11.3. The molecular formula is C13H16BIN2O4. The van der Waals surface area contributed by atoms with Crippen LogP contribution in [0.4, 0.5) is 0 Å². The second-order valence-corrected chi connectivity index (χ2v) is 6.15. The van der Waals surface area contributed by atoms with Crippen molar-refractivity contribution in [1.29, 1.82) is 0 Å². The van der Waals surface area contributed by atoms with E-state index in [1.165, 1.54) is 4.90 Å². The Morgan fingerprint density at radius 3 is 2.62 bits per heavy atom. The van der Waals surface area contributed by atoms with Gasteiger partial charge in [-0.1, -0.05) is 0 Å². The van der Waals surface area contributed by atoms with Gasteiger partial charge in [0.05, 0.1) is 12.5 Å². The predicted molar refractivity (Wildman–Crippen MR) is 86.4 cm³/mol. The number of likely N-dealkylation sites (tertiary alicyclic amines) is 1. The molecule has 6 nitrogen and oxygen atoms in total. The Balaban J connectivity index is 1.89. The van der Waals surface area contributed by atoms with Gasteiger partial charge in [0.1, 0.15) is 0 Å². The normalized spacial score (nSPS) is 17.7. The van der Waals surface area contributed by atoms with Gasteiger partial charge in [0.15, 0.2) is 0 Å². The van der Waals surface area contributed by atoms with E-state index in [0.717, 1.165) is 9.99 Å². The van der Waals surface area contributed by atoms with Crippen LogP contribution < -0.4 is 5.32 Å². The molecule has 0 spiro atoms. The van der Waals surface area contributed by atoms with Crippen LogP contribution in [0, 0.1) is 3.57 Å². The monoisotopic (exact) mass is 402 g/mol. The third-order valence-electron chi connectivity index (χ3n) is 3.47. The van der Waals surface area contributed by atoms with Gasteiger partial charge in [-0.05, 0) is 59.7 Å². The number of halogens is 1. The molecule has 1 aromatic carbocycles. The first-order valence-electron chi connectivity index (χ1n) is 6.68. The van der Waals surface area contributed by atoms with Crippen LogP contribution in [-0.2, 0) is 4.79 Å². The zero-order valence-corrected chi connectivity index (χ0v) is 13.5. The lowest BCUT2D eigenvalue weighted by Crippen LogP contribution is -2.48. The molecule has 1 fully saturated rings. The Kier molecular flexibility index (Phi) is 5.60. The molecule has 2 rings (SSSR count). The van der Waals surface area contributed by atoms with Crippen molar-refractivity contribution in [3.63, 3.8) is 0 Å². The molecule has 1 unspecified atom stereocenters. The molecule has 112 valence electrons. The third kappa shape index (κ3) is 4.18. The van der Waals surface area contributed by atoms with Crippen molar-refractivity contribution in [2.45, 2.75) is 18.8 Å². The van der Waals surface area contributed by atoms with Crippen LogP contribution in [0.25, 0.3) is 0 Å². The summed E-state index contributed by atoms with van der Waals surface area (Å²) in [7, 11) is -1.54. The summed E-state index contributed by atoms with van der Waals surface area (Å²) in [6, 6.07) is 7.02. The van der Waals surface area contributed by atoms with E-state index in [0.29, 0.717) is 18.5 Å². The standard InChI is InChI=1S/C13H16BIN2O4/c15-10-5-3-9(4-6-10)13(19)16-8-12(18)17-7-1-2-11(17)14(20)21/h3-6,11,20-21H,1-2,7-8H2,(H,16,19). The molecule has 0 radical (unpaired) electrons. The van der Waals surface area contributed by atoms with Crippen molar-refractivity contribution >= 4 is 41.5 Å². The first kappa shape index (κ1) is 16.2. The Bertz CT molecular complexity index is 523. The predicted octanol–water partition coefficient (Wildman–Crippen LogP) is 0.0240. The number of carbonyl (C=O) groups excluding carboxylic acids is 2. The number of nitrogens with zero attached hydrogens (tertiary/aromatic N) is 1. The molecular weight excluding hydrogens is 386 g/mol. The van der Waals surface area contributed by atoms with Gasteiger partial charge in [0.25, 0.3) is 5.91 Å². The lowest BCUT2D eigenvalue weighted by atomic mass is 9.78. The number of hydrogen-bond acceptors (Lipinski definition) is 4. The summed E-state index contributed by atoms with van der Waals surface area (Å²) in [5.41, 5.74) is 0.489. The fraction of sp³-hybridized carbons (Fsp3) is 0.385. The van der Waals surface area contributed by atoms with Crippen LogP contribution >= 0.6 is 22.6 Å². The maximum atomic E-state index is 12.0. The van der Waals surface area contributed by atoms with Crippen molar-refractivity contribution in [2.24, 2.45) is 0 Å². The molecule has 0 saturated carbocycles. The number of amides is 2. The molecule has 0 bridgehead atoms. The summed E-state index contributed by atoms with van der Waals surface area (Å²) in [6.07, 6.45) is 1.30. The molecule has 1 atom stereocenters. The third-order valence-corrected chi connectivity index (χ3v) is 4.19. The number of rotatable bonds is 4. The summed E-state index contributed by atoms with van der Waals surface area (Å²) in [5, 5.41) is 21.0. The molecule has 1 aromatic rings. The van der Waals surface area contributed by atoms with E-state index in [1.54, 1.807) is 12.1 Å². The smallest absolute Gasteiger partial charge is 0.426 e. The van der Waals surface area contributed by atoms with E-state index < -0.39 is 13.1 Å². The van der Waals surface area contributed by atoms with Crippen LogP contribution in [0.3, 0.4) is 0 Å². The summed E-state index contributed by atoms with van der Waals surface area (Å²) < 4.78 is 1.03. The molecule has 21 heavy (non-hydrogen) atoms. The second kappa shape index (κ2) is 7.23. The summed E-state index contributed by atoms with van der Waals surface area (Å²) in [5.74, 6) is -1.20. The van der Waals surface area contributed by atoms with Gasteiger partial charge in [-0.2, -0.15) is 0 Å². The highest BCUT2D eigenvalue weighted by Crippen LogP contribution is 2.17. The minimum atomic E-state index is -1.54. The fourth-order valence-corrected chi connectivity index (χ4v) is 2.73. The van der Waals surface area contributed by atoms with E-state index in [9.17, 15) is 19.6 Å². The largest absolute Gasteiger partial charge is 0.475 e. The molecule has 3 N–H and O–H groups in total. The number of hydrogen-bond donors (Lipinski definition) is 3. The first-order valence-corrected chi connectivity index (χ1v) is 7.76. The van der Waals surface area contributed by atoms with Gasteiger partial charge in [0.2, 0.25) is 5.91 Å².